The first-order valence-corrected chi connectivity index (χ1v) is 10.1. The second kappa shape index (κ2) is 7.88. The summed E-state index contributed by atoms with van der Waals surface area (Å²) in [4.78, 5) is 25.5. The number of para-hydroxylation sites is 1. The summed E-state index contributed by atoms with van der Waals surface area (Å²) in [5, 5.41) is 6.80. The van der Waals surface area contributed by atoms with Gasteiger partial charge in [0.2, 0.25) is 0 Å². The van der Waals surface area contributed by atoms with Gasteiger partial charge in [-0.3, -0.25) is 9.59 Å². The molecule has 1 fully saturated rings. The fraction of sp³-hybridized carbons (Fsp3) is 0.286. The van der Waals surface area contributed by atoms with Crippen LogP contribution in [0.3, 0.4) is 0 Å². The van der Waals surface area contributed by atoms with E-state index in [1.54, 1.807) is 12.1 Å². The molecule has 2 N–H and O–H groups in total. The Morgan fingerprint density at radius 1 is 0.926 bits per heavy atom. The normalized spacial score (nSPS) is 14.8. The van der Waals surface area contributed by atoms with Crippen LogP contribution >= 0.6 is 11.5 Å². The Kier molecular flexibility index (Phi) is 5.16. The zero-order valence-electron chi connectivity index (χ0n) is 14.9. The smallest absolute Gasteiger partial charge is 0.276 e. The molecule has 0 radical (unpaired) electrons. The van der Waals surface area contributed by atoms with E-state index in [1.807, 2.05) is 36.4 Å². The van der Waals surface area contributed by atoms with Crippen LogP contribution in [0.1, 0.15) is 53.0 Å². The minimum Gasteiger partial charge on any atom is -0.349 e. The standard InChI is InChI=1S/C21H21N3O2S/c25-20(22-14-8-2-1-3-9-14)15-10-4-6-12-17(15)23-21(26)19-16-11-5-7-13-18(16)27-24-19/h4-7,10-14H,1-3,8-9H2,(H,22,25)(H,23,26). The summed E-state index contributed by atoms with van der Waals surface area (Å²) in [7, 11) is 0. The number of nitrogens with zero attached hydrogens (tertiary/aromatic N) is 1. The summed E-state index contributed by atoms with van der Waals surface area (Å²) >= 11 is 1.30. The maximum Gasteiger partial charge on any atom is 0.276 e. The van der Waals surface area contributed by atoms with Crippen molar-refractivity contribution in [3.05, 3.63) is 59.8 Å². The second-order valence-electron chi connectivity index (χ2n) is 6.84. The largest absolute Gasteiger partial charge is 0.349 e. The van der Waals surface area contributed by atoms with Gasteiger partial charge in [-0.1, -0.05) is 49.6 Å². The summed E-state index contributed by atoms with van der Waals surface area (Å²) in [6.07, 6.45) is 5.58. The number of anilines is 1. The predicted octanol–water partition coefficient (Wildman–Crippen LogP) is 4.61. The number of rotatable bonds is 4. The summed E-state index contributed by atoms with van der Waals surface area (Å²) < 4.78 is 5.25. The minimum atomic E-state index is -0.301. The summed E-state index contributed by atoms with van der Waals surface area (Å²) in [5.74, 6) is -0.439. The van der Waals surface area contributed by atoms with E-state index in [1.165, 1.54) is 18.0 Å². The second-order valence-corrected chi connectivity index (χ2v) is 7.64. The lowest BCUT2D eigenvalue weighted by Crippen LogP contribution is -2.36. The van der Waals surface area contributed by atoms with Crippen LogP contribution in [0, 0.1) is 0 Å². The van der Waals surface area contributed by atoms with Gasteiger partial charge in [0.05, 0.1) is 16.0 Å². The molecule has 5 nitrogen and oxygen atoms in total. The third-order valence-corrected chi connectivity index (χ3v) is 5.78. The highest BCUT2D eigenvalue weighted by Gasteiger charge is 2.20. The molecule has 4 rings (SSSR count). The highest BCUT2D eigenvalue weighted by Crippen LogP contribution is 2.24. The van der Waals surface area contributed by atoms with E-state index < -0.39 is 0 Å². The monoisotopic (exact) mass is 379 g/mol. The first-order valence-electron chi connectivity index (χ1n) is 9.28. The van der Waals surface area contributed by atoms with Crippen molar-refractivity contribution >= 4 is 39.1 Å². The quantitative estimate of drug-likeness (QED) is 0.695. The van der Waals surface area contributed by atoms with Gasteiger partial charge in [0.25, 0.3) is 11.8 Å². The topological polar surface area (TPSA) is 71.1 Å². The fourth-order valence-corrected chi connectivity index (χ4v) is 4.30. The van der Waals surface area contributed by atoms with E-state index in [2.05, 4.69) is 15.0 Å². The van der Waals surface area contributed by atoms with Crippen LogP contribution in [0.15, 0.2) is 48.5 Å². The first-order chi connectivity index (χ1) is 13.2. The van der Waals surface area contributed by atoms with Gasteiger partial charge in [0.1, 0.15) is 5.69 Å². The highest BCUT2D eigenvalue weighted by molar-refractivity contribution is 7.13. The van der Waals surface area contributed by atoms with Gasteiger partial charge in [-0.25, -0.2) is 0 Å². The van der Waals surface area contributed by atoms with Gasteiger partial charge in [-0.05, 0) is 42.6 Å². The lowest BCUT2D eigenvalue weighted by atomic mass is 9.95. The van der Waals surface area contributed by atoms with Gasteiger partial charge >= 0.3 is 0 Å². The fourth-order valence-electron chi connectivity index (χ4n) is 3.53. The molecule has 1 aliphatic carbocycles. The van der Waals surface area contributed by atoms with E-state index >= 15 is 0 Å². The lowest BCUT2D eigenvalue weighted by molar-refractivity contribution is 0.0928. The molecular formula is C21H21N3O2S. The summed E-state index contributed by atoms with van der Waals surface area (Å²) in [6.45, 7) is 0. The van der Waals surface area contributed by atoms with Crippen molar-refractivity contribution < 1.29 is 9.59 Å². The van der Waals surface area contributed by atoms with Crippen LogP contribution in [0.5, 0.6) is 0 Å². The number of carbonyl (C=O) groups is 2. The van der Waals surface area contributed by atoms with Gasteiger partial charge in [0, 0.05) is 11.4 Å². The molecule has 0 bridgehead atoms. The van der Waals surface area contributed by atoms with E-state index in [9.17, 15) is 9.59 Å². The lowest BCUT2D eigenvalue weighted by Gasteiger charge is -2.23. The van der Waals surface area contributed by atoms with Gasteiger partial charge in [-0.15, -0.1) is 0 Å². The van der Waals surface area contributed by atoms with Crippen LogP contribution < -0.4 is 10.6 Å². The van der Waals surface area contributed by atoms with E-state index in [0.717, 1.165) is 35.8 Å². The Bertz CT molecular complexity index is 976. The molecule has 27 heavy (non-hydrogen) atoms. The first kappa shape index (κ1) is 17.7. The van der Waals surface area contributed by atoms with Crippen molar-refractivity contribution in [2.75, 3.05) is 5.32 Å². The zero-order chi connectivity index (χ0) is 18.6. The van der Waals surface area contributed by atoms with Crippen molar-refractivity contribution in [3.63, 3.8) is 0 Å². The van der Waals surface area contributed by atoms with Crippen LogP contribution in [0.2, 0.25) is 0 Å². The van der Waals surface area contributed by atoms with Crippen molar-refractivity contribution in [3.8, 4) is 0 Å². The molecule has 1 aromatic heterocycles. The Morgan fingerprint density at radius 3 is 2.52 bits per heavy atom. The number of amides is 2. The maximum atomic E-state index is 12.8. The molecule has 6 heteroatoms. The van der Waals surface area contributed by atoms with Crippen LogP contribution in [-0.4, -0.2) is 22.2 Å². The van der Waals surface area contributed by atoms with Crippen LogP contribution in [0.25, 0.3) is 10.1 Å². The third kappa shape index (κ3) is 3.85. The van der Waals surface area contributed by atoms with Crippen LogP contribution in [0.4, 0.5) is 5.69 Å². The van der Waals surface area contributed by atoms with Crippen molar-refractivity contribution in [1.29, 1.82) is 0 Å². The van der Waals surface area contributed by atoms with E-state index in [-0.39, 0.29) is 17.9 Å². The minimum absolute atomic E-state index is 0.138. The molecule has 138 valence electrons. The average Bonchev–Trinajstić information content (AvgIpc) is 3.13. The molecule has 0 unspecified atom stereocenters. The summed E-state index contributed by atoms with van der Waals surface area (Å²) in [5.41, 5.74) is 1.38. The van der Waals surface area contributed by atoms with Crippen LogP contribution in [-0.2, 0) is 0 Å². The maximum absolute atomic E-state index is 12.8. The molecule has 3 aromatic rings. The SMILES string of the molecule is O=C(NC1CCCCC1)c1ccccc1NC(=O)c1nsc2ccccc12. The Morgan fingerprint density at radius 2 is 1.67 bits per heavy atom. The Hall–Kier alpha value is -2.73. The number of benzene rings is 2. The Balaban J connectivity index is 1.54. The van der Waals surface area contributed by atoms with Gasteiger partial charge in [0.15, 0.2) is 0 Å². The van der Waals surface area contributed by atoms with Crippen molar-refractivity contribution in [2.45, 2.75) is 38.1 Å². The number of fused-ring (bicyclic) bond motifs is 1. The zero-order valence-corrected chi connectivity index (χ0v) is 15.7. The predicted molar refractivity (Wildman–Crippen MR) is 108 cm³/mol. The number of carbonyl (C=O) groups excluding carboxylic acids is 2. The number of nitrogens with one attached hydrogen (secondary N) is 2. The molecule has 0 spiro atoms. The van der Waals surface area contributed by atoms with Gasteiger partial charge in [-0.2, -0.15) is 4.37 Å². The van der Waals surface area contributed by atoms with Crippen molar-refractivity contribution in [2.24, 2.45) is 0 Å². The van der Waals surface area contributed by atoms with E-state index in [4.69, 9.17) is 0 Å². The Labute approximate surface area is 162 Å². The molecule has 2 aromatic carbocycles. The number of aromatic nitrogens is 1. The number of hydrogen-bond acceptors (Lipinski definition) is 4. The average molecular weight is 379 g/mol. The molecule has 2 amide bonds. The molecule has 1 heterocycles. The van der Waals surface area contributed by atoms with Crippen molar-refractivity contribution in [1.82, 2.24) is 9.69 Å². The molecular weight excluding hydrogens is 358 g/mol. The van der Waals surface area contributed by atoms with E-state index in [0.29, 0.717) is 16.9 Å². The molecule has 0 aliphatic heterocycles. The molecule has 1 saturated carbocycles. The number of hydrogen-bond donors (Lipinski definition) is 2. The highest BCUT2D eigenvalue weighted by atomic mass is 32.1. The molecule has 1 aliphatic rings. The summed E-state index contributed by atoms with van der Waals surface area (Å²) in [6, 6.07) is 15.0. The molecule has 0 saturated heterocycles. The van der Waals surface area contributed by atoms with Gasteiger partial charge < -0.3 is 10.6 Å². The molecule has 0 atom stereocenters. The third-order valence-electron chi connectivity index (χ3n) is 4.95.